The molecule has 7 nitrogen and oxygen atoms in total. The molecule has 3 rings (SSSR count). The Bertz CT molecular complexity index is 752. The van der Waals surface area contributed by atoms with Crippen molar-refractivity contribution in [2.45, 2.75) is 58.1 Å². The maximum Gasteiger partial charge on any atom is 0.410 e. The zero-order valence-corrected chi connectivity index (χ0v) is 16.8. The Labute approximate surface area is 165 Å². The fourth-order valence-corrected chi connectivity index (χ4v) is 3.16. The molecule has 7 heteroatoms. The number of nitrogens with zero attached hydrogens (tertiary/aromatic N) is 1. The minimum atomic E-state index is -0.562. The van der Waals surface area contributed by atoms with Crippen molar-refractivity contribution in [2.75, 3.05) is 18.4 Å². The Morgan fingerprint density at radius 3 is 2.57 bits per heavy atom. The first kappa shape index (κ1) is 20.2. The Hall–Kier alpha value is -2.57. The van der Waals surface area contributed by atoms with Gasteiger partial charge in [-0.3, -0.25) is 9.59 Å². The molecule has 0 aromatic heterocycles. The predicted octanol–water partition coefficient (Wildman–Crippen LogP) is 3.16. The first-order valence-electron chi connectivity index (χ1n) is 9.91. The smallest absolute Gasteiger partial charge is 0.410 e. The van der Waals surface area contributed by atoms with E-state index in [0.717, 1.165) is 19.3 Å². The highest BCUT2D eigenvalue weighted by molar-refractivity contribution is 5.98. The maximum absolute atomic E-state index is 12.7. The number of piperidine rings is 1. The molecule has 0 spiro atoms. The minimum absolute atomic E-state index is 0.118. The van der Waals surface area contributed by atoms with Crippen molar-refractivity contribution in [3.63, 3.8) is 0 Å². The van der Waals surface area contributed by atoms with Crippen LogP contribution in [0.2, 0.25) is 0 Å². The highest BCUT2D eigenvalue weighted by atomic mass is 16.6. The molecule has 2 N–H and O–H groups in total. The quantitative estimate of drug-likeness (QED) is 0.831. The molecule has 0 bridgehead atoms. The number of amides is 3. The van der Waals surface area contributed by atoms with Gasteiger partial charge in [-0.25, -0.2) is 4.79 Å². The van der Waals surface area contributed by atoms with Gasteiger partial charge in [0.25, 0.3) is 5.91 Å². The lowest BCUT2D eigenvalue weighted by Gasteiger charge is -2.33. The van der Waals surface area contributed by atoms with Crippen LogP contribution in [-0.2, 0) is 9.53 Å². The second-order valence-corrected chi connectivity index (χ2v) is 8.58. The van der Waals surface area contributed by atoms with E-state index in [4.69, 9.17) is 4.74 Å². The van der Waals surface area contributed by atoms with Gasteiger partial charge in [-0.2, -0.15) is 0 Å². The third-order valence-corrected chi connectivity index (χ3v) is 4.75. The molecular weight excluding hydrogens is 358 g/mol. The van der Waals surface area contributed by atoms with Crippen molar-refractivity contribution >= 4 is 23.6 Å². The number of nitrogens with one attached hydrogen (secondary N) is 2. The second kappa shape index (κ2) is 8.20. The van der Waals surface area contributed by atoms with Crippen molar-refractivity contribution in [1.29, 1.82) is 0 Å². The van der Waals surface area contributed by atoms with Crippen molar-refractivity contribution in [1.82, 2.24) is 10.2 Å². The normalized spacial score (nSPS) is 19.7. The summed E-state index contributed by atoms with van der Waals surface area (Å²) in [6.07, 6.45) is 3.13. The molecule has 1 saturated carbocycles. The average Bonchev–Trinajstić information content (AvgIpc) is 3.44. The first-order chi connectivity index (χ1) is 13.2. The van der Waals surface area contributed by atoms with Crippen molar-refractivity contribution in [2.24, 2.45) is 5.92 Å². The monoisotopic (exact) mass is 387 g/mol. The van der Waals surface area contributed by atoms with Crippen LogP contribution < -0.4 is 10.6 Å². The fraction of sp³-hybridized carbons (Fsp3) is 0.571. The molecular formula is C21H29N3O4. The number of carbonyl (C=O) groups excluding carboxylic acids is 3. The number of anilines is 1. The molecule has 1 aliphatic carbocycles. The number of hydrogen-bond donors (Lipinski definition) is 2. The summed E-state index contributed by atoms with van der Waals surface area (Å²) in [5, 5.41) is 5.83. The molecule has 28 heavy (non-hydrogen) atoms. The van der Waals surface area contributed by atoms with E-state index in [9.17, 15) is 14.4 Å². The third-order valence-electron chi connectivity index (χ3n) is 4.75. The molecule has 1 aliphatic heterocycles. The van der Waals surface area contributed by atoms with E-state index in [-0.39, 0.29) is 29.9 Å². The topological polar surface area (TPSA) is 87.7 Å². The van der Waals surface area contributed by atoms with E-state index in [1.54, 1.807) is 29.2 Å². The van der Waals surface area contributed by atoms with Gasteiger partial charge >= 0.3 is 6.09 Å². The summed E-state index contributed by atoms with van der Waals surface area (Å²) < 4.78 is 5.41. The van der Waals surface area contributed by atoms with Crippen LogP contribution >= 0.6 is 0 Å². The zero-order chi connectivity index (χ0) is 20.3. The SMILES string of the molecule is CC(C)(C)OC(=O)N1CCC[C@H](C(=O)Nc2cccc(C(=O)NC3CC3)c2)C1. The highest BCUT2D eigenvalue weighted by Gasteiger charge is 2.31. The first-order valence-corrected chi connectivity index (χ1v) is 9.91. The highest BCUT2D eigenvalue weighted by Crippen LogP contribution is 2.22. The van der Waals surface area contributed by atoms with Gasteiger partial charge in [0, 0.05) is 30.4 Å². The predicted molar refractivity (Wildman–Crippen MR) is 106 cm³/mol. The summed E-state index contributed by atoms with van der Waals surface area (Å²) in [5.41, 5.74) is 0.555. The van der Waals surface area contributed by atoms with Gasteiger partial charge in [-0.1, -0.05) is 6.07 Å². The van der Waals surface area contributed by atoms with Gasteiger partial charge in [-0.05, 0) is 64.7 Å². The number of likely N-dealkylation sites (tertiary alicyclic amines) is 1. The van der Waals surface area contributed by atoms with Gasteiger partial charge < -0.3 is 20.3 Å². The molecule has 152 valence electrons. The molecule has 2 aliphatic rings. The van der Waals surface area contributed by atoms with Crippen LogP contribution in [0.15, 0.2) is 24.3 Å². The van der Waals surface area contributed by atoms with Crippen LogP contribution in [-0.4, -0.2) is 47.5 Å². The molecule has 3 amide bonds. The van der Waals surface area contributed by atoms with Crippen LogP contribution in [0.5, 0.6) is 0 Å². The van der Waals surface area contributed by atoms with Gasteiger partial charge in [0.15, 0.2) is 0 Å². The lowest BCUT2D eigenvalue weighted by molar-refractivity contribution is -0.121. The summed E-state index contributed by atoms with van der Waals surface area (Å²) in [5.74, 6) is -0.564. The van der Waals surface area contributed by atoms with Crippen LogP contribution in [0.25, 0.3) is 0 Å². The number of ether oxygens (including phenoxy) is 1. The van der Waals surface area contributed by atoms with Crippen LogP contribution in [0.3, 0.4) is 0 Å². The molecule has 2 fully saturated rings. The van der Waals surface area contributed by atoms with E-state index >= 15 is 0 Å². The standard InChI is InChI=1S/C21H29N3O4/c1-21(2,3)28-20(27)24-11-5-7-15(13-24)19(26)23-17-8-4-6-14(12-17)18(25)22-16-9-10-16/h4,6,8,12,15-16H,5,7,9-11,13H2,1-3H3,(H,22,25)(H,23,26)/t15-/m0/s1. The number of benzene rings is 1. The second-order valence-electron chi connectivity index (χ2n) is 8.58. The summed E-state index contributed by atoms with van der Waals surface area (Å²) in [6.45, 7) is 6.40. The van der Waals surface area contributed by atoms with Crippen molar-refractivity contribution < 1.29 is 19.1 Å². The summed E-state index contributed by atoms with van der Waals surface area (Å²) in [6, 6.07) is 7.22. The van der Waals surface area contributed by atoms with Gasteiger partial charge in [0.1, 0.15) is 5.60 Å². The number of rotatable bonds is 4. The van der Waals surface area contributed by atoms with Gasteiger partial charge in [0.2, 0.25) is 5.91 Å². The van der Waals surface area contributed by atoms with Crippen LogP contribution in [0, 0.1) is 5.92 Å². The van der Waals surface area contributed by atoms with Gasteiger partial charge in [0.05, 0.1) is 5.92 Å². The Morgan fingerprint density at radius 2 is 1.89 bits per heavy atom. The van der Waals surface area contributed by atoms with Gasteiger partial charge in [-0.15, -0.1) is 0 Å². The Morgan fingerprint density at radius 1 is 1.14 bits per heavy atom. The number of hydrogen-bond acceptors (Lipinski definition) is 4. The minimum Gasteiger partial charge on any atom is -0.444 e. The summed E-state index contributed by atoms with van der Waals surface area (Å²) >= 11 is 0. The Kier molecular flexibility index (Phi) is 5.91. The lowest BCUT2D eigenvalue weighted by atomic mass is 9.97. The molecule has 1 heterocycles. The molecule has 1 aromatic carbocycles. The summed E-state index contributed by atoms with van der Waals surface area (Å²) in [4.78, 5) is 38.8. The van der Waals surface area contributed by atoms with E-state index < -0.39 is 5.60 Å². The average molecular weight is 387 g/mol. The molecule has 0 radical (unpaired) electrons. The van der Waals surface area contributed by atoms with E-state index in [0.29, 0.717) is 30.8 Å². The molecule has 1 atom stereocenters. The fourth-order valence-electron chi connectivity index (χ4n) is 3.16. The lowest BCUT2D eigenvalue weighted by Crippen LogP contribution is -2.45. The van der Waals surface area contributed by atoms with Crippen molar-refractivity contribution in [3.05, 3.63) is 29.8 Å². The Balaban J connectivity index is 1.58. The largest absolute Gasteiger partial charge is 0.444 e. The van der Waals surface area contributed by atoms with Crippen molar-refractivity contribution in [3.8, 4) is 0 Å². The van der Waals surface area contributed by atoms with E-state index in [1.165, 1.54) is 0 Å². The zero-order valence-electron chi connectivity index (χ0n) is 16.8. The number of carbonyl (C=O) groups is 3. The van der Waals surface area contributed by atoms with Crippen LogP contribution in [0.1, 0.15) is 56.8 Å². The third kappa shape index (κ3) is 5.71. The maximum atomic E-state index is 12.7. The summed E-state index contributed by atoms with van der Waals surface area (Å²) in [7, 11) is 0. The van der Waals surface area contributed by atoms with E-state index in [2.05, 4.69) is 10.6 Å². The molecule has 1 saturated heterocycles. The molecule has 1 aromatic rings. The van der Waals surface area contributed by atoms with Crippen LogP contribution in [0.4, 0.5) is 10.5 Å². The molecule has 0 unspecified atom stereocenters. The van der Waals surface area contributed by atoms with E-state index in [1.807, 2.05) is 20.8 Å².